The van der Waals surface area contributed by atoms with Gasteiger partial charge < -0.3 is 18.9 Å². The third kappa shape index (κ3) is 4.84. The molecule has 1 aliphatic heterocycles. The molecule has 0 unspecified atom stereocenters. The summed E-state index contributed by atoms with van der Waals surface area (Å²) in [5.41, 5.74) is 2.55. The SMILES string of the molecule is COc1ccc(CC2CCN(C(=O)c3nc(Cl)n(C)c3C)CC2)cc1OC1CCCC1. The minimum absolute atomic E-state index is 0.0184. The van der Waals surface area contributed by atoms with E-state index in [4.69, 9.17) is 21.1 Å². The zero-order valence-electron chi connectivity index (χ0n) is 18.7. The van der Waals surface area contributed by atoms with E-state index in [0.29, 0.717) is 23.0 Å². The van der Waals surface area contributed by atoms with Crippen molar-refractivity contribution in [1.82, 2.24) is 14.5 Å². The standard InChI is InChI=1S/C24H32ClN3O3/c1-16-22(26-24(25)27(16)2)23(29)28-12-10-17(11-13-28)14-18-8-9-20(30-3)21(15-18)31-19-6-4-5-7-19/h8-9,15,17,19H,4-7,10-14H2,1-3H3. The number of methoxy groups -OCH3 is 1. The molecule has 1 saturated heterocycles. The molecule has 168 valence electrons. The van der Waals surface area contributed by atoms with Crippen LogP contribution in [0.3, 0.4) is 0 Å². The van der Waals surface area contributed by atoms with Gasteiger partial charge in [-0.1, -0.05) is 6.07 Å². The van der Waals surface area contributed by atoms with Gasteiger partial charge in [0.05, 0.1) is 13.2 Å². The molecule has 0 N–H and O–H groups in total. The number of likely N-dealkylation sites (tertiary alicyclic amines) is 1. The van der Waals surface area contributed by atoms with Gasteiger partial charge in [0, 0.05) is 25.8 Å². The fourth-order valence-electron chi connectivity index (χ4n) is 4.70. The minimum atomic E-state index is -0.0184. The van der Waals surface area contributed by atoms with Crippen molar-refractivity contribution in [3.05, 3.63) is 40.4 Å². The number of ether oxygens (including phenoxy) is 2. The number of nitrogens with zero attached hydrogens (tertiary/aromatic N) is 3. The van der Waals surface area contributed by atoms with Crippen molar-refractivity contribution in [2.75, 3.05) is 20.2 Å². The summed E-state index contributed by atoms with van der Waals surface area (Å²) in [4.78, 5) is 19.1. The summed E-state index contributed by atoms with van der Waals surface area (Å²) in [6.45, 7) is 3.38. The van der Waals surface area contributed by atoms with Crippen molar-refractivity contribution in [2.24, 2.45) is 13.0 Å². The first kappa shape index (κ1) is 22.0. The van der Waals surface area contributed by atoms with E-state index in [1.807, 2.05) is 24.9 Å². The Labute approximate surface area is 189 Å². The van der Waals surface area contributed by atoms with Crippen LogP contribution in [0.4, 0.5) is 0 Å². The molecule has 0 bridgehead atoms. The predicted molar refractivity (Wildman–Crippen MR) is 121 cm³/mol. The number of imidazole rings is 1. The van der Waals surface area contributed by atoms with Crippen molar-refractivity contribution in [3.8, 4) is 11.5 Å². The van der Waals surface area contributed by atoms with Crippen LogP contribution in [-0.4, -0.2) is 46.7 Å². The molecule has 2 aliphatic rings. The topological polar surface area (TPSA) is 56.6 Å². The molecule has 2 heterocycles. The molecule has 1 amide bonds. The second kappa shape index (κ2) is 9.51. The molecule has 2 fully saturated rings. The highest BCUT2D eigenvalue weighted by atomic mass is 35.5. The first-order valence-corrected chi connectivity index (χ1v) is 11.7. The average Bonchev–Trinajstić information content (AvgIpc) is 3.38. The Morgan fingerprint density at radius 2 is 1.87 bits per heavy atom. The summed E-state index contributed by atoms with van der Waals surface area (Å²) in [5.74, 6) is 2.20. The molecular formula is C24H32ClN3O3. The highest BCUT2D eigenvalue weighted by Crippen LogP contribution is 2.34. The van der Waals surface area contributed by atoms with Gasteiger partial charge in [0.25, 0.3) is 5.91 Å². The lowest BCUT2D eigenvalue weighted by atomic mass is 9.90. The molecule has 2 aromatic rings. The summed E-state index contributed by atoms with van der Waals surface area (Å²) in [6, 6.07) is 6.30. The third-order valence-corrected chi connectivity index (χ3v) is 7.12. The fourth-order valence-corrected chi connectivity index (χ4v) is 4.91. The second-order valence-corrected chi connectivity index (χ2v) is 9.16. The summed E-state index contributed by atoms with van der Waals surface area (Å²) in [6.07, 6.45) is 8.00. The number of hydrogen-bond donors (Lipinski definition) is 0. The number of carbonyl (C=O) groups is 1. The van der Waals surface area contributed by atoms with Gasteiger partial charge in [-0.05, 0) is 87.1 Å². The van der Waals surface area contributed by atoms with E-state index in [1.54, 1.807) is 11.7 Å². The van der Waals surface area contributed by atoms with Crippen LogP contribution in [0.15, 0.2) is 18.2 Å². The number of amides is 1. The van der Waals surface area contributed by atoms with Crippen molar-refractivity contribution in [3.63, 3.8) is 0 Å². The number of benzene rings is 1. The van der Waals surface area contributed by atoms with Crippen LogP contribution in [0, 0.1) is 12.8 Å². The van der Waals surface area contributed by atoms with Crippen LogP contribution < -0.4 is 9.47 Å². The molecule has 1 aliphatic carbocycles. The van der Waals surface area contributed by atoms with Gasteiger partial charge in [-0.25, -0.2) is 4.98 Å². The van der Waals surface area contributed by atoms with E-state index in [-0.39, 0.29) is 5.91 Å². The highest BCUT2D eigenvalue weighted by Gasteiger charge is 2.27. The van der Waals surface area contributed by atoms with Gasteiger partial charge in [0.1, 0.15) is 0 Å². The molecule has 4 rings (SSSR count). The van der Waals surface area contributed by atoms with Crippen LogP contribution in [0.2, 0.25) is 5.28 Å². The van der Waals surface area contributed by atoms with Gasteiger partial charge in [0.2, 0.25) is 5.28 Å². The molecule has 1 aromatic heterocycles. The lowest BCUT2D eigenvalue weighted by molar-refractivity contribution is 0.0684. The Bertz CT molecular complexity index is 928. The molecule has 0 radical (unpaired) electrons. The summed E-state index contributed by atoms with van der Waals surface area (Å²) in [5, 5.41) is 0.353. The molecule has 6 nitrogen and oxygen atoms in total. The van der Waals surface area contributed by atoms with E-state index >= 15 is 0 Å². The molecule has 1 saturated carbocycles. The van der Waals surface area contributed by atoms with Gasteiger partial charge >= 0.3 is 0 Å². The monoisotopic (exact) mass is 445 g/mol. The fraction of sp³-hybridized carbons (Fsp3) is 0.583. The number of carbonyl (C=O) groups excluding carboxylic acids is 1. The van der Waals surface area contributed by atoms with Crippen LogP contribution >= 0.6 is 11.6 Å². The lowest BCUT2D eigenvalue weighted by Gasteiger charge is -2.32. The molecular weight excluding hydrogens is 414 g/mol. The van der Waals surface area contributed by atoms with Gasteiger partial charge in [-0.3, -0.25) is 4.79 Å². The number of hydrogen-bond acceptors (Lipinski definition) is 4. The first-order chi connectivity index (χ1) is 15.0. The minimum Gasteiger partial charge on any atom is -0.493 e. The number of aromatic nitrogens is 2. The molecule has 0 atom stereocenters. The van der Waals surface area contributed by atoms with Gasteiger partial charge in [-0.2, -0.15) is 0 Å². The van der Waals surface area contributed by atoms with Crippen molar-refractivity contribution in [1.29, 1.82) is 0 Å². The van der Waals surface area contributed by atoms with E-state index in [2.05, 4.69) is 17.1 Å². The van der Waals surface area contributed by atoms with Crippen molar-refractivity contribution >= 4 is 17.5 Å². The maximum atomic E-state index is 12.9. The van der Waals surface area contributed by atoms with Crippen molar-refractivity contribution < 1.29 is 14.3 Å². The maximum absolute atomic E-state index is 12.9. The van der Waals surface area contributed by atoms with E-state index in [1.165, 1.54) is 18.4 Å². The Morgan fingerprint density at radius 1 is 1.16 bits per heavy atom. The smallest absolute Gasteiger partial charge is 0.274 e. The zero-order valence-corrected chi connectivity index (χ0v) is 19.5. The quantitative estimate of drug-likeness (QED) is 0.640. The van der Waals surface area contributed by atoms with E-state index in [0.717, 1.165) is 62.4 Å². The summed E-state index contributed by atoms with van der Waals surface area (Å²) in [7, 11) is 3.52. The number of piperidine rings is 1. The van der Waals surface area contributed by atoms with Crippen LogP contribution in [0.1, 0.15) is 60.3 Å². The Morgan fingerprint density at radius 3 is 2.48 bits per heavy atom. The lowest BCUT2D eigenvalue weighted by Crippen LogP contribution is -2.39. The van der Waals surface area contributed by atoms with Crippen LogP contribution in [-0.2, 0) is 13.5 Å². The molecule has 31 heavy (non-hydrogen) atoms. The van der Waals surface area contributed by atoms with Gasteiger partial charge in [0.15, 0.2) is 17.2 Å². The molecule has 7 heteroatoms. The normalized spacial score (nSPS) is 17.9. The van der Waals surface area contributed by atoms with E-state index in [9.17, 15) is 4.79 Å². The second-order valence-electron chi connectivity index (χ2n) is 8.82. The summed E-state index contributed by atoms with van der Waals surface area (Å²) < 4.78 is 13.5. The number of rotatable bonds is 6. The first-order valence-electron chi connectivity index (χ1n) is 11.3. The number of halogens is 1. The zero-order chi connectivity index (χ0) is 22.0. The Hall–Kier alpha value is -2.21. The Balaban J connectivity index is 1.36. The highest BCUT2D eigenvalue weighted by molar-refractivity contribution is 6.28. The molecule has 1 aromatic carbocycles. The Kier molecular flexibility index (Phi) is 6.75. The van der Waals surface area contributed by atoms with Crippen molar-refractivity contribution in [2.45, 2.75) is 58.0 Å². The van der Waals surface area contributed by atoms with E-state index < -0.39 is 0 Å². The predicted octanol–water partition coefficient (Wildman–Crippen LogP) is 4.81. The maximum Gasteiger partial charge on any atom is 0.274 e. The largest absolute Gasteiger partial charge is 0.493 e. The average molecular weight is 446 g/mol. The van der Waals surface area contributed by atoms with Gasteiger partial charge in [-0.15, -0.1) is 0 Å². The van der Waals surface area contributed by atoms with Crippen LogP contribution in [0.25, 0.3) is 0 Å². The summed E-state index contributed by atoms with van der Waals surface area (Å²) >= 11 is 6.08. The van der Waals surface area contributed by atoms with Crippen LogP contribution in [0.5, 0.6) is 11.5 Å². The third-order valence-electron chi connectivity index (χ3n) is 6.78. The molecule has 0 spiro atoms.